The van der Waals surface area contributed by atoms with E-state index in [1.165, 1.54) is 4.31 Å². The molecule has 0 saturated carbocycles. The Morgan fingerprint density at radius 2 is 2.08 bits per heavy atom. The van der Waals surface area contributed by atoms with Crippen LogP contribution < -0.4 is 5.73 Å². The molecular formula is C7H16N2O2S. The summed E-state index contributed by atoms with van der Waals surface area (Å²) in [6.07, 6.45) is 1.37. The first-order chi connectivity index (χ1) is 5.46. The molecule has 1 aliphatic rings. The van der Waals surface area contributed by atoms with Crippen molar-refractivity contribution in [2.75, 3.05) is 6.54 Å². The van der Waals surface area contributed by atoms with Gasteiger partial charge in [0, 0.05) is 6.54 Å². The average Bonchev–Trinajstić information content (AvgIpc) is 2.35. The van der Waals surface area contributed by atoms with Crippen molar-refractivity contribution in [1.29, 1.82) is 0 Å². The molecule has 0 spiro atoms. The Labute approximate surface area is 73.8 Å². The van der Waals surface area contributed by atoms with Crippen LogP contribution in [0.2, 0.25) is 0 Å². The summed E-state index contributed by atoms with van der Waals surface area (Å²) < 4.78 is 24.6. The molecule has 1 rings (SSSR count). The van der Waals surface area contributed by atoms with Gasteiger partial charge in [0.25, 0.3) is 0 Å². The lowest BCUT2D eigenvalue weighted by Gasteiger charge is -2.22. The van der Waals surface area contributed by atoms with Gasteiger partial charge < -0.3 is 5.73 Å². The van der Waals surface area contributed by atoms with Crippen LogP contribution in [0.1, 0.15) is 26.7 Å². The van der Waals surface area contributed by atoms with Crippen molar-refractivity contribution in [1.82, 2.24) is 4.31 Å². The van der Waals surface area contributed by atoms with E-state index in [1.54, 1.807) is 13.8 Å². The monoisotopic (exact) mass is 192 g/mol. The molecular weight excluding hydrogens is 176 g/mol. The molecule has 1 saturated heterocycles. The van der Waals surface area contributed by atoms with Gasteiger partial charge >= 0.3 is 0 Å². The molecule has 0 aliphatic carbocycles. The zero-order valence-electron chi connectivity index (χ0n) is 7.53. The fourth-order valence-corrected chi connectivity index (χ4v) is 2.76. The number of sulfonamides is 1. The third-order valence-electron chi connectivity index (χ3n) is 2.17. The Kier molecular flexibility index (Phi) is 2.75. The van der Waals surface area contributed by atoms with Gasteiger partial charge in [-0.25, -0.2) is 8.42 Å². The summed E-state index contributed by atoms with van der Waals surface area (Å²) in [7, 11) is -3.12. The zero-order valence-corrected chi connectivity index (χ0v) is 8.34. The molecule has 1 fully saturated rings. The molecule has 1 aliphatic heterocycles. The quantitative estimate of drug-likeness (QED) is 0.675. The lowest BCUT2D eigenvalue weighted by molar-refractivity contribution is 0.391. The van der Waals surface area contributed by atoms with E-state index in [4.69, 9.17) is 5.73 Å². The molecule has 5 heteroatoms. The van der Waals surface area contributed by atoms with Crippen LogP contribution >= 0.6 is 0 Å². The second-order valence-corrected chi connectivity index (χ2v) is 5.86. The van der Waals surface area contributed by atoms with Crippen molar-refractivity contribution < 1.29 is 8.42 Å². The number of rotatable bonds is 2. The van der Waals surface area contributed by atoms with Gasteiger partial charge in [-0.2, -0.15) is 4.31 Å². The molecule has 72 valence electrons. The normalized spacial score (nSPS) is 26.8. The Balaban J connectivity index is 2.82. The van der Waals surface area contributed by atoms with E-state index >= 15 is 0 Å². The average molecular weight is 192 g/mol. The molecule has 0 amide bonds. The summed E-state index contributed by atoms with van der Waals surface area (Å²) in [4.78, 5) is 0. The zero-order chi connectivity index (χ0) is 9.35. The molecule has 0 bridgehead atoms. The van der Waals surface area contributed by atoms with Gasteiger partial charge in [0.15, 0.2) is 0 Å². The largest absolute Gasteiger partial charge is 0.315 e. The summed E-state index contributed by atoms with van der Waals surface area (Å²) in [5.41, 5.74) is 5.65. The highest BCUT2D eigenvalue weighted by atomic mass is 32.2. The molecule has 1 atom stereocenters. The van der Waals surface area contributed by atoms with E-state index in [0.717, 1.165) is 12.8 Å². The molecule has 0 aromatic rings. The topological polar surface area (TPSA) is 63.4 Å². The van der Waals surface area contributed by atoms with E-state index in [9.17, 15) is 8.42 Å². The second kappa shape index (κ2) is 3.32. The highest BCUT2D eigenvalue weighted by molar-refractivity contribution is 7.89. The van der Waals surface area contributed by atoms with Gasteiger partial charge in [-0.1, -0.05) is 0 Å². The Bertz CT molecular complexity index is 248. The van der Waals surface area contributed by atoms with Crippen LogP contribution in [0.5, 0.6) is 0 Å². The number of nitrogens with zero attached hydrogens (tertiary/aromatic N) is 1. The first-order valence-electron chi connectivity index (χ1n) is 4.22. The van der Waals surface area contributed by atoms with Crippen LogP contribution in [-0.4, -0.2) is 30.7 Å². The smallest absolute Gasteiger partial charge is 0.217 e. The fraction of sp³-hybridized carbons (Fsp3) is 1.00. The van der Waals surface area contributed by atoms with Crippen molar-refractivity contribution in [2.24, 2.45) is 5.73 Å². The summed E-state index contributed by atoms with van der Waals surface area (Å²) >= 11 is 0. The van der Waals surface area contributed by atoms with E-state index in [1.807, 2.05) is 0 Å². The van der Waals surface area contributed by atoms with Crippen molar-refractivity contribution >= 4 is 10.0 Å². The lowest BCUT2D eigenvalue weighted by Crippen LogP contribution is -2.44. The van der Waals surface area contributed by atoms with Gasteiger partial charge in [-0.15, -0.1) is 0 Å². The van der Waals surface area contributed by atoms with Gasteiger partial charge in [0.2, 0.25) is 10.0 Å². The molecule has 1 heterocycles. The highest BCUT2D eigenvalue weighted by Crippen LogP contribution is 2.19. The van der Waals surface area contributed by atoms with Crippen LogP contribution in [0.15, 0.2) is 0 Å². The van der Waals surface area contributed by atoms with Crippen LogP contribution in [0.3, 0.4) is 0 Å². The minimum Gasteiger partial charge on any atom is -0.315 e. The molecule has 0 radical (unpaired) electrons. The van der Waals surface area contributed by atoms with Gasteiger partial charge in [0.1, 0.15) is 0 Å². The van der Waals surface area contributed by atoms with Gasteiger partial charge in [-0.05, 0) is 26.7 Å². The van der Waals surface area contributed by atoms with Crippen LogP contribution in [0.4, 0.5) is 0 Å². The van der Waals surface area contributed by atoms with E-state index in [2.05, 4.69) is 0 Å². The number of hydrogen-bond donors (Lipinski definition) is 1. The van der Waals surface area contributed by atoms with E-state index in [0.29, 0.717) is 6.54 Å². The minimum atomic E-state index is -3.12. The van der Waals surface area contributed by atoms with E-state index in [-0.39, 0.29) is 11.4 Å². The maximum Gasteiger partial charge on any atom is 0.217 e. The van der Waals surface area contributed by atoms with Gasteiger partial charge in [-0.3, -0.25) is 0 Å². The maximum atomic E-state index is 11.6. The first kappa shape index (κ1) is 9.95. The molecule has 1 unspecified atom stereocenters. The predicted molar refractivity (Wildman–Crippen MR) is 48.0 cm³/mol. The summed E-state index contributed by atoms with van der Waals surface area (Å²) in [6.45, 7) is 3.95. The van der Waals surface area contributed by atoms with Crippen LogP contribution in [0, 0.1) is 0 Å². The van der Waals surface area contributed by atoms with Crippen molar-refractivity contribution in [3.63, 3.8) is 0 Å². The van der Waals surface area contributed by atoms with Crippen molar-refractivity contribution in [3.05, 3.63) is 0 Å². The number of hydrogen-bond acceptors (Lipinski definition) is 3. The molecule has 2 N–H and O–H groups in total. The highest BCUT2D eigenvalue weighted by Gasteiger charge is 2.33. The first-order valence-corrected chi connectivity index (χ1v) is 5.73. The maximum absolute atomic E-state index is 11.6. The summed E-state index contributed by atoms with van der Waals surface area (Å²) in [6, 6.07) is 0. The van der Waals surface area contributed by atoms with Crippen molar-refractivity contribution in [3.8, 4) is 0 Å². The molecule has 12 heavy (non-hydrogen) atoms. The third-order valence-corrected chi connectivity index (χ3v) is 4.47. The number of nitrogens with two attached hydrogens (primary N) is 1. The van der Waals surface area contributed by atoms with Crippen LogP contribution in [0.25, 0.3) is 0 Å². The SMILES string of the molecule is CC(C)S(=O)(=O)N1CCCC1N. The molecule has 4 nitrogen and oxygen atoms in total. The standard InChI is InChI=1S/C7H16N2O2S/c1-6(2)12(10,11)9-5-3-4-7(9)8/h6-7H,3-5,8H2,1-2H3. The van der Waals surface area contributed by atoms with Gasteiger partial charge in [0.05, 0.1) is 11.4 Å². The Morgan fingerprint density at radius 1 is 1.50 bits per heavy atom. The van der Waals surface area contributed by atoms with Crippen molar-refractivity contribution in [2.45, 2.75) is 38.1 Å². The predicted octanol–water partition coefficient (Wildman–Crippen LogP) is 0.105. The lowest BCUT2D eigenvalue weighted by atomic mass is 10.3. The molecule has 0 aromatic heterocycles. The fourth-order valence-electron chi connectivity index (χ4n) is 1.35. The molecule has 0 aromatic carbocycles. The van der Waals surface area contributed by atoms with Crippen LogP contribution in [-0.2, 0) is 10.0 Å². The third kappa shape index (κ3) is 1.62. The second-order valence-electron chi connectivity index (χ2n) is 3.41. The Hall–Kier alpha value is -0.130. The summed E-state index contributed by atoms with van der Waals surface area (Å²) in [5, 5.41) is -0.360. The Morgan fingerprint density at radius 3 is 2.42 bits per heavy atom. The summed E-state index contributed by atoms with van der Waals surface area (Å²) in [5.74, 6) is 0. The minimum absolute atomic E-state index is 0.294. The van der Waals surface area contributed by atoms with E-state index < -0.39 is 10.0 Å².